The number of nitrogens with zero attached hydrogens (tertiary/aromatic N) is 2. The van der Waals surface area contributed by atoms with Crippen molar-refractivity contribution in [1.29, 1.82) is 0 Å². The molecule has 0 saturated heterocycles. The van der Waals surface area contributed by atoms with Crippen LogP contribution in [0.3, 0.4) is 0 Å². The van der Waals surface area contributed by atoms with E-state index in [1.54, 1.807) is 0 Å². The normalized spacial score (nSPS) is 11.0. The molecule has 0 unspecified atom stereocenters. The second kappa shape index (κ2) is 15.7. The van der Waals surface area contributed by atoms with Crippen molar-refractivity contribution in [2.24, 2.45) is 0 Å². The summed E-state index contributed by atoms with van der Waals surface area (Å²) in [6.07, 6.45) is -9.09. The van der Waals surface area contributed by atoms with Crippen LogP contribution in [-0.4, -0.2) is 31.3 Å². The minimum atomic E-state index is -4.55. The quantitative estimate of drug-likeness (QED) is 0.174. The average molecular weight is 870 g/mol. The van der Waals surface area contributed by atoms with Crippen LogP contribution in [0, 0.1) is 17.4 Å². The molecule has 8 nitrogen and oxygen atoms in total. The van der Waals surface area contributed by atoms with Crippen molar-refractivity contribution >= 4 is 34.5 Å². The van der Waals surface area contributed by atoms with Crippen molar-refractivity contribution in [2.45, 2.75) is 26.2 Å². The van der Waals surface area contributed by atoms with Crippen LogP contribution in [0.1, 0.15) is 43.2 Å². The maximum atomic E-state index is 12.8. The topological polar surface area (TPSA) is 119 Å². The molecule has 0 aliphatic heterocycles. The van der Waals surface area contributed by atoms with Crippen molar-refractivity contribution in [3.8, 4) is 11.4 Å². The Hall–Kier alpha value is -2.68. The number of halogens is 8. The van der Waals surface area contributed by atoms with E-state index in [0.29, 0.717) is 15.0 Å². The van der Waals surface area contributed by atoms with Gasteiger partial charge in [0.05, 0.1) is 11.1 Å². The summed E-state index contributed by atoms with van der Waals surface area (Å²) in [5, 5.41) is 18.0. The van der Waals surface area contributed by atoms with Gasteiger partial charge in [0.15, 0.2) is 0 Å². The Kier molecular flexibility index (Phi) is 14.1. The van der Waals surface area contributed by atoms with Gasteiger partial charge in [-0.25, -0.2) is 9.59 Å². The van der Waals surface area contributed by atoms with E-state index in [4.69, 9.17) is 10.2 Å². The van der Waals surface area contributed by atoms with Gasteiger partial charge in [-0.05, 0) is 91.0 Å². The van der Waals surface area contributed by atoms with E-state index >= 15 is 0 Å². The Morgan fingerprint density at radius 3 is 1.53 bits per heavy atom. The summed E-state index contributed by atoms with van der Waals surface area (Å²) in [6.45, 7) is 3.04. The molecule has 0 aliphatic rings. The molecule has 2 N–H and O–H groups in total. The third-order valence-corrected chi connectivity index (χ3v) is 7.08. The molecule has 4 rings (SSSR count). The maximum Gasteiger partial charge on any atom is 1.00 e. The minimum absolute atomic E-state index is 0. The first-order chi connectivity index (χ1) is 19.8. The van der Waals surface area contributed by atoms with Gasteiger partial charge in [-0.2, -0.15) is 26.3 Å². The molecule has 0 radical (unpaired) electrons. The van der Waals surface area contributed by atoms with Crippen LogP contribution in [0.4, 0.5) is 26.3 Å². The summed E-state index contributed by atoms with van der Waals surface area (Å²) < 4.78 is 78.9. The molecule has 2 heterocycles. The fourth-order valence-corrected chi connectivity index (χ4v) is 4.45. The standard InChI is InChI=1S/C14H9F3INO3.C14H10F3NO3.HI.Na/c1-7-11(18)6-10(13(21)22)12(20)19(7)9-4-2-3-8(5-9)14(15,16)17;1-8-5-6-11(13(20)21)12(19)18(8)10-4-2-3-9(7-10)14(15,16)17;;/h2-6H,1H3,(H,21,22);2-7H,1H3,(H,20,21);1H;/q;;;+1/p-1. The first kappa shape index (κ1) is 40.3. The van der Waals surface area contributed by atoms with Crippen LogP contribution >= 0.6 is 22.6 Å². The van der Waals surface area contributed by atoms with E-state index < -0.39 is 57.7 Å². The number of benzene rings is 2. The third-order valence-electron chi connectivity index (χ3n) is 5.99. The van der Waals surface area contributed by atoms with E-state index in [9.17, 15) is 45.5 Å². The number of hydrogen-bond donors (Lipinski definition) is 2. The molecule has 45 heavy (non-hydrogen) atoms. The number of aromatic nitrogens is 2. The average Bonchev–Trinajstić information content (AvgIpc) is 2.90. The van der Waals surface area contributed by atoms with Gasteiger partial charge in [-0.1, -0.05) is 12.1 Å². The van der Waals surface area contributed by atoms with Gasteiger partial charge < -0.3 is 34.2 Å². The van der Waals surface area contributed by atoms with Crippen LogP contribution in [0.2, 0.25) is 0 Å². The summed E-state index contributed by atoms with van der Waals surface area (Å²) in [5.41, 5.74) is -3.91. The molecule has 2 aromatic heterocycles. The molecule has 0 atom stereocenters. The number of pyridine rings is 2. The predicted octanol–water partition coefficient (Wildman–Crippen LogP) is 0.338. The molecule has 2 aromatic carbocycles. The van der Waals surface area contributed by atoms with Gasteiger partial charge in [0.1, 0.15) is 11.1 Å². The summed E-state index contributed by atoms with van der Waals surface area (Å²) >= 11 is 1.83. The van der Waals surface area contributed by atoms with Crippen molar-refractivity contribution < 1.29 is 99.7 Å². The molecule has 0 aliphatic carbocycles. The molecule has 0 fully saturated rings. The molecule has 0 amide bonds. The van der Waals surface area contributed by atoms with Crippen LogP contribution in [0.25, 0.3) is 11.4 Å². The third kappa shape index (κ3) is 9.43. The minimum Gasteiger partial charge on any atom is -1.00 e. The van der Waals surface area contributed by atoms with Crippen molar-refractivity contribution in [1.82, 2.24) is 9.13 Å². The monoisotopic (exact) mass is 870 g/mol. The zero-order valence-electron chi connectivity index (χ0n) is 23.3. The Labute approximate surface area is 303 Å². The summed E-state index contributed by atoms with van der Waals surface area (Å²) in [4.78, 5) is 46.4. The smallest absolute Gasteiger partial charge is 1.00 e. The second-order valence-electron chi connectivity index (χ2n) is 8.87. The van der Waals surface area contributed by atoms with Gasteiger partial charge >= 0.3 is 53.8 Å². The molecule has 0 spiro atoms. The summed E-state index contributed by atoms with van der Waals surface area (Å²) in [7, 11) is 0. The first-order valence-corrected chi connectivity index (χ1v) is 12.9. The molecule has 4 aromatic rings. The Morgan fingerprint density at radius 1 is 0.689 bits per heavy atom. The van der Waals surface area contributed by atoms with E-state index in [-0.39, 0.29) is 64.9 Å². The number of carboxylic acids is 2. The largest absolute Gasteiger partial charge is 1.00 e. The number of aromatic carboxylic acids is 2. The molecule has 0 saturated carbocycles. The van der Waals surface area contributed by atoms with Gasteiger partial charge in [0.25, 0.3) is 11.1 Å². The van der Waals surface area contributed by atoms with Gasteiger partial charge in [-0.3, -0.25) is 18.7 Å². The van der Waals surface area contributed by atoms with E-state index in [1.807, 2.05) is 22.6 Å². The van der Waals surface area contributed by atoms with E-state index in [0.717, 1.165) is 45.5 Å². The number of carboxylic acid groups (broad SMARTS) is 2. The Morgan fingerprint density at radius 2 is 1.11 bits per heavy atom. The summed E-state index contributed by atoms with van der Waals surface area (Å²) in [5.74, 6) is -2.86. The molecule has 234 valence electrons. The Bertz CT molecular complexity index is 1860. The molecular weight excluding hydrogens is 851 g/mol. The van der Waals surface area contributed by atoms with Crippen LogP contribution in [-0.2, 0) is 12.4 Å². The number of carbonyl (C=O) groups is 2. The predicted molar refractivity (Wildman–Crippen MR) is 150 cm³/mol. The zero-order chi connectivity index (χ0) is 32.4. The summed E-state index contributed by atoms with van der Waals surface area (Å²) in [6, 6.07) is 12.1. The number of alkyl halides is 6. The SMILES string of the molecule is Cc1c(I)cc(C(=O)O)c(=O)n1-c1cccc(C(F)(F)F)c1.Cc1ccc(C(=O)O)c(=O)n1-c1cccc(C(F)(F)F)c1.[I-].[Na+]. The van der Waals surface area contributed by atoms with Crippen molar-refractivity contribution in [3.05, 3.63) is 125 Å². The number of rotatable bonds is 4. The fraction of sp³-hybridized carbons (Fsp3) is 0.143. The molecule has 17 heteroatoms. The molecular formula is C28H19F6I2N2NaO6. The number of aryl methyl sites for hydroxylation is 1. The van der Waals surface area contributed by atoms with Crippen molar-refractivity contribution in [2.75, 3.05) is 0 Å². The first-order valence-electron chi connectivity index (χ1n) is 11.8. The second-order valence-corrected chi connectivity index (χ2v) is 10.0. The van der Waals surface area contributed by atoms with Crippen LogP contribution in [0.15, 0.2) is 76.3 Å². The fourth-order valence-electron chi connectivity index (χ4n) is 3.89. The Balaban J connectivity index is 0.000000431. The van der Waals surface area contributed by atoms with Crippen molar-refractivity contribution in [3.63, 3.8) is 0 Å². The van der Waals surface area contributed by atoms with Gasteiger partial charge in [0, 0.05) is 26.3 Å². The van der Waals surface area contributed by atoms with Gasteiger partial charge in [-0.15, -0.1) is 0 Å². The maximum absolute atomic E-state index is 12.8. The zero-order valence-corrected chi connectivity index (χ0v) is 29.6. The van der Waals surface area contributed by atoms with Crippen LogP contribution in [0.5, 0.6) is 0 Å². The van der Waals surface area contributed by atoms with Crippen LogP contribution < -0.4 is 64.7 Å². The van der Waals surface area contributed by atoms with Gasteiger partial charge in [0.2, 0.25) is 0 Å². The molecule has 0 bridgehead atoms. The van der Waals surface area contributed by atoms with E-state index in [1.165, 1.54) is 44.2 Å². The van der Waals surface area contributed by atoms with E-state index in [2.05, 4.69) is 0 Å². The number of hydrogen-bond acceptors (Lipinski definition) is 4.